The maximum Gasteiger partial charge on any atom is 0.159 e. The van der Waals surface area contributed by atoms with Crippen LogP contribution in [-0.2, 0) is 0 Å². The summed E-state index contributed by atoms with van der Waals surface area (Å²) >= 11 is 0. The first kappa shape index (κ1) is 18.1. The van der Waals surface area contributed by atoms with E-state index in [1.165, 1.54) is 18.5 Å². The van der Waals surface area contributed by atoms with E-state index >= 15 is 0 Å². The van der Waals surface area contributed by atoms with Crippen LogP contribution in [0, 0.1) is 5.82 Å². The Hall–Kier alpha value is -3.94. The third-order valence-corrected chi connectivity index (χ3v) is 5.35. The number of aromatic amines is 1. The van der Waals surface area contributed by atoms with E-state index in [0.717, 1.165) is 39.1 Å². The van der Waals surface area contributed by atoms with Crippen molar-refractivity contribution in [3.8, 4) is 11.3 Å². The number of H-pyrrole nitrogens is 1. The number of nitrogens with one attached hydrogen (secondary N) is 1. The molecule has 1 atom stereocenters. The Balaban J connectivity index is 1.49. The molecule has 0 saturated heterocycles. The molecule has 8 heteroatoms. The molecule has 0 spiro atoms. The monoisotopic (exact) mass is 399 g/mol. The topological polar surface area (TPSA) is 83.5 Å². The molecule has 0 bridgehead atoms. The lowest BCUT2D eigenvalue weighted by Gasteiger charge is -2.26. The van der Waals surface area contributed by atoms with Gasteiger partial charge in [0.05, 0.1) is 40.5 Å². The summed E-state index contributed by atoms with van der Waals surface area (Å²) in [5, 5.41) is 7.76. The number of rotatable bonds is 4. The molecule has 148 valence electrons. The second-order valence-corrected chi connectivity index (χ2v) is 7.12. The van der Waals surface area contributed by atoms with Crippen molar-refractivity contribution in [2.24, 2.45) is 0 Å². The fraction of sp³-hybridized carbons (Fsp3) is 0.136. The molecule has 0 fully saturated rings. The third kappa shape index (κ3) is 3.12. The van der Waals surface area contributed by atoms with Crippen LogP contribution >= 0.6 is 0 Å². The summed E-state index contributed by atoms with van der Waals surface area (Å²) < 4.78 is 13.2. The maximum atomic E-state index is 13.2. The van der Waals surface area contributed by atoms with E-state index in [9.17, 15) is 4.39 Å². The number of benzene rings is 2. The molecule has 30 heavy (non-hydrogen) atoms. The van der Waals surface area contributed by atoms with Crippen LogP contribution in [0.15, 0.2) is 61.2 Å². The van der Waals surface area contributed by atoms with Gasteiger partial charge in [-0.2, -0.15) is 5.10 Å². The molecule has 0 aliphatic heterocycles. The minimum Gasteiger partial charge on any atom is -0.352 e. The van der Waals surface area contributed by atoms with E-state index in [4.69, 9.17) is 4.98 Å². The average molecular weight is 399 g/mol. The van der Waals surface area contributed by atoms with Crippen LogP contribution < -0.4 is 4.90 Å². The molecule has 0 saturated carbocycles. The molecule has 5 aromatic rings. The van der Waals surface area contributed by atoms with Gasteiger partial charge in [0.2, 0.25) is 0 Å². The second kappa shape index (κ2) is 7.14. The molecule has 0 radical (unpaired) electrons. The summed E-state index contributed by atoms with van der Waals surface area (Å²) in [6.07, 6.45) is 4.98. The lowest BCUT2D eigenvalue weighted by atomic mass is 10.1. The normalized spacial score (nSPS) is 12.4. The van der Waals surface area contributed by atoms with Crippen LogP contribution in [-0.4, -0.2) is 37.2 Å². The van der Waals surface area contributed by atoms with Gasteiger partial charge in [0.15, 0.2) is 5.65 Å². The molecule has 1 N–H and O–H groups in total. The summed E-state index contributed by atoms with van der Waals surface area (Å²) in [5.41, 5.74) is 4.97. The van der Waals surface area contributed by atoms with E-state index in [0.29, 0.717) is 5.65 Å². The summed E-state index contributed by atoms with van der Waals surface area (Å²) in [7, 11) is 1.95. The quantitative estimate of drug-likeness (QED) is 0.485. The largest absolute Gasteiger partial charge is 0.352 e. The third-order valence-electron chi connectivity index (χ3n) is 5.35. The Labute approximate surface area is 171 Å². The van der Waals surface area contributed by atoms with Crippen LogP contribution in [0.1, 0.15) is 18.5 Å². The highest BCUT2D eigenvalue weighted by Crippen LogP contribution is 2.28. The van der Waals surface area contributed by atoms with Crippen molar-refractivity contribution in [2.75, 3.05) is 11.9 Å². The number of hydrogen-bond donors (Lipinski definition) is 1. The van der Waals surface area contributed by atoms with Crippen molar-refractivity contribution in [3.05, 3.63) is 72.6 Å². The molecule has 0 unspecified atom stereocenters. The Morgan fingerprint density at radius 2 is 1.80 bits per heavy atom. The summed E-state index contributed by atoms with van der Waals surface area (Å²) in [4.78, 5) is 20.0. The van der Waals surface area contributed by atoms with Gasteiger partial charge in [-0.1, -0.05) is 18.2 Å². The number of halogens is 1. The standard InChI is InChI=1S/C22H18FN7/c1-13(14-3-6-16(23)7-4-14)30(2)20-11-24-19-9-15(5-8-18(19)28-20)21-17-10-27-29-22(17)26-12-25-21/h3-13H,1-2H3,(H,25,26,27,29)/t13-/m1/s1. The zero-order valence-electron chi connectivity index (χ0n) is 16.4. The van der Waals surface area contributed by atoms with E-state index in [1.54, 1.807) is 24.5 Å². The van der Waals surface area contributed by atoms with E-state index in [1.807, 2.05) is 37.1 Å². The Morgan fingerprint density at radius 3 is 2.63 bits per heavy atom. The lowest BCUT2D eigenvalue weighted by Crippen LogP contribution is -2.22. The SMILES string of the molecule is C[C@H](c1ccc(F)cc1)N(C)c1cnc2cc(-c3ncnc4[nH]ncc34)ccc2n1. The van der Waals surface area contributed by atoms with Gasteiger partial charge in [-0.25, -0.2) is 19.3 Å². The van der Waals surface area contributed by atoms with Gasteiger partial charge in [-0.3, -0.25) is 10.1 Å². The Morgan fingerprint density at radius 1 is 0.967 bits per heavy atom. The molecular formula is C22H18FN7. The Bertz CT molecular complexity index is 1350. The van der Waals surface area contributed by atoms with Crippen LogP contribution in [0.5, 0.6) is 0 Å². The summed E-state index contributed by atoms with van der Waals surface area (Å²) in [6, 6.07) is 12.4. The van der Waals surface area contributed by atoms with Crippen LogP contribution in [0.2, 0.25) is 0 Å². The Kier molecular flexibility index (Phi) is 4.31. The summed E-state index contributed by atoms with van der Waals surface area (Å²) in [5.74, 6) is 0.498. The molecule has 5 rings (SSSR count). The van der Waals surface area contributed by atoms with Gasteiger partial charge in [0.25, 0.3) is 0 Å². The second-order valence-electron chi connectivity index (χ2n) is 7.12. The van der Waals surface area contributed by atoms with Gasteiger partial charge in [0, 0.05) is 12.6 Å². The van der Waals surface area contributed by atoms with Crippen LogP contribution in [0.3, 0.4) is 0 Å². The number of anilines is 1. The molecule has 3 heterocycles. The minimum atomic E-state index is -0.244. The maximum absolute atomic E-state index is 13.2. The lowest BCUT2D eigenvalue weighted by molar-refractivity contribution is 0.625. The first-order valence-corrected chi connectivity index (χ1v) is 9.50. The highest BCUT2D eigenvalue weighted by Gasteiger charge is 2.15. The number of aromatic nitrogens is 6. The van der Waals surface area contributed by atoms with Crippen molar-refractivity contribution in [1.29, 1.82) is 0 Å². The van der Waals surface area contributed by atoms with Crippen molar-refractivity contribution in [3.63, 3.8) is 0 Å². The van der Waals surface area contributed by atoms with Crippen LogP contribution in [0.25, 0.3) is 33.3 Å². The highest BCUT2D eigenvalue weighted by molar-refractivity contribution is 5.92. The molecule has 7 nitrogen and oxygen atoms in total. The molecule has 0 amide bonds. The average Bonchev–Trinajstić information content (AvgIpc) is 3.27. The van der Waals surface area contributed by atoms with Gasteiger partial charge < -0.3 is 4.90 Å². The minimum absolute atomic E-state index is 0.0204. The highest BCUT2D eigenvalue weighted by atomic mass is 19.1. The molecular weight excluding hydrogens is 381 g/mol. The molecule has 0 aliphatic rings. The molecule has 2 aromatic carbocycles. The van der Waals surface area contributed by atoms with Gasteiger partial charge >= 0.3 is 0 Å². The van der Waals surface area contributed by atoms with Gasteiger partial charge in [-0.05, 0) is 36.8 Å². The van der Waals surface area contributed by atoms with Crippen molar-refractivity contribution in [2.45, 2.75) is 13.0 Å². The van der Waals surface area contributed by atoms with E-state index < -0.39 is 0 Å². The zero-order valence-corrected chi connectivity index (χ0v) is 16.4. The predicted octanol–water partition coefficient (Wildman–Crippen LogP) is 4.30. The van der Waals surface area contributed by atoms with E-state index in [2.05, 4.69) is 25.1 Å². The molecule has 3 aromatic heterocycles. The number of hydrogen-bond acceptors (Lipinski definition) is 6. The zero-order chi connectivity index (χ0) is 20.7. The summed E-state index contributed by atoms with van der Waals surface area (Å²) in [6.45, 7) is 2.05. The van der Waals surface area contributed by atoms with Gasteiger partial charge in [0.1, 0.15) is 18.0 Å². The van der Waals surface area contributed by atoms with Crippen LogP contribution in [0.4, 0.5) is 10.2 Å². The fourth-order valence-corrected chi connectivity index (χ4v) is 3.48. The number of fused-ring (bicyclic) bond motifs is 2. The van der Waals surface area contributed by atoms with Crippen molar-refractivity contribution in [1.82, 2.24) is 30.1 Å². The smallest absolute Gasteiger partial charge is 0.159 e. The van der Waals surface area contributed by atoms with E-state index in [-0.39, 0.29) is 11.9 Å². The predicted molar refractivity (Wildman–Crippen MR) is 113 cm³/mol. The first-order valence-electron chi connectivity index (χ1n) is 9.50. The van der Waals surface area contributed by atoms with Gasteiger partial charge in [-0.15, -0.1) is 0 Å². The number of nitrogens with zero attached hydrogens (tertiary/aromatic N) is 6. The van der Waals surface area contributed by atoms with Crippen molar-refractivity contribution < 1.29 is 4.39 Å². The first-order chi connectivity index (χ1) is 14.6. The molecule has 0 aliphatic carbocycles. The fourth-order valence-electron chi connectivity index (χ4n) is 3.48. The van der Waals surface area contributed by atoms with Crippen molar-refractivity contribution >= 4 is 27.9 Å².